The molecule has 0 aliphatic carbocycles. The molecule has 0 saturated heterocycles. The van der Waals surface area contributed by atoms with E-state index in [0.29, 0.717) is 5.90 Å². The lowest BCUT2D eigenvalue weighted by Crippen LogP contribution is -2.05. The second kappa shape index (κ2) is 6.48. The molecule has 1 aliphatic rings. The van der Waals surface area contributed by atoms with Gasteiger partial charge in [0.05, 0.1) is 6.10 Å². The molecule has 2 aromatic rings. The highest BCUT2D eigenvalue weighted by atomic mass is 16.6. The largest absolute Gasteiger partial charge is 0.491 e. The van der Waals surface area contributed by atoms with E-state index in [1.807, 2.05) is 68.4 Å². The SMILES string of the molecule is CC(C)Oc1cccc(/C=C2\N=C(c3ccccc3)OC2=O)c1. The first-order chi connectivity index (χ1) is 11.1. The van der Waals surface area contributed by atoms with Crippen molar-refractivity contribution >= 4 is 17.9 Å². The maximum Gasteiger partial charge on any atom is 0.363 e. The Hall–Kier alpha value is -2.88. The van der Waals surface area contributed by atoms with Gasteiger partial charge >= 0.3 is 5.97 Å². The van der Waals surface area contributed by atoms with E-state index >= 15 is 0 Å². The summed E-state index contributed by atoms with van der Waals surface area (Å²) in [5, 5.41) is 0. The van der Waals surface area contributed by atoms with Gasteiger partial charge in [-0.15, -0.1) is 0 Å². The van der Waals surface area contributed by atoms with Crippen LogP contribution in [0.3, 0.4) is 0 Å². The molecular formula is C19H17NO3. The number of benzene rings is 2. The predicted octanol–water partition coefficient (Wildman–Crippen LogP) is 3.82. The third kappa shape index (κ3) is 3.66. The van der Waals surface area contributed by atoms with Crippen LogP contribution >= 0.6 is 0 Å². The molecule has 0 bridgehead atoms. The highest BCUT2D eigenvalue weighted by Gasteiger charge is 2.23. The molecule has 1 heterocycles. The van der Waals surface area contributed by atoms with Gasteiger partial charge in [-0.3, -0.25) is 0 Å². The normalized spacial score (nSPS) is 15.7. The molecule has 3 rings (SSSR count). The molecule has 0 atom stereocenters. The smallest absolute Gasteiger partial charge is 0.363 e. The quantitative estimate of drug-likeness (QED) is 0.637. The summed E-state index contributed by atoms with van der Waals surface area (Å²) in [6, 6.07) is 16.9. The number of aliphatic imine (C=N–C) groups is 1. The lowest BCUT2D eigenvalue weighted by molar-refractivity contribution is -0.129. The average Bonchev–Trinajstić information content (AvgIpc) is 2.89. The van der Waals surface area contributed by atoms with E-state index < -0.39 is 5.97 Å². The van der Waals surface area contributed by atoms with Gasteiger partial charge in [0.15, 0.2) is 5.70 Å². The maximum absolute atomic E-state index is 12.0. The number of esters is 1. The number of rotatable bonds is 4. The summed E-state index contributed by atoms with van der Waals surface area (Å²) < 4.78 is 10.9. The first-order valence-corrected chi connectivity index (χ1v) is 7.46. The maximum atomic E-state index is 12.0. The van der Waals surface area contributed by atoms with Crippen molar-refractivity contribution in [1.29, 1.82) is 0 Å². The molecule has 0 N–H and O–H groups in total. The van der Waals surface area contributed by atoms with Crippen LogP contribution in [0.5, 0.6) is 5.75 Å². The minimum Gasteiger partial charge on any atom is -0.491 e. The monoisotopic (exact) mass is 307 g/mol. The van der Waals surface area contributed by atoms with Crippen molar-refractivity contribution in [1.82, 2.24) is 0 Å². The fourth-order valence-electron chi connectivity index (χ4n) is 2.22. The number of carbonyl (C=O) groups is 1. The summed E-state index contributed by atoms with van der Waals surface area (Å²) in [5.41, 5.74) is 1.90. The molecule has 0 spiro atoms. The Morgan fingerprint density at radius 1 is 1.09 bits per heavy atom. The second-order valence-electron chi connectivity index (χ2n) is 5.44. The van der Waals surface area contributed by atoms with Gasteiger partial charge in [-0.1, -0.05) is 30.3 Å². The Morgan fingerprint density at radius 3 is 2.61 bits per heavy atom. The Balaban J connectivity index is 1.87. The lowest BCUT2D eigenvalue weighted by atomic mass is 10.2. The van der Waals surface area contributed by atoms with Crippen molar-refractivity contribution in [3.05, 3.63) is 71.4 Å². The molecule has 0 amide bonds. The van der Waals surface area contributed by atoms with Crippen LogP contribution in [0.15, 0.2) is 65.3 Å². The Morgan fingerprint density at radius 2 is 1.87 bits per heavy atom. The Kier molecular flexibility index (Phi) is 4.24. The minimum absolute atomic E-state index is 0.0945. The van der Waals surface area contributed by atoms with Gasteiger partial charge in [-0.25, -0.2) is 9.79 Å². The van der Waals surface area contributed by atoms with Gasteiger partial charge in [0, 0.05) is 5.56 Å². The molecule has 0 aromatic heterocycles. The zero-order chi connectivity index (χ0) is 16.2. The number of nitrogens with zero attached hydrogens (tertiary/aromatic N) is 1. The van der Waals surface area contributed by atoms with E-state index in [0.717, 1.165) is 16.9 Å². The van der Waals surface area contributed by atoms with E-state index in [4.69, 9.17) is 9.47 Å². The van der Waals surface area contributed by atoms with Crippen molar-refractivity contribution in [3.8, 4) is 5.75 Å². The molecule has 0 fully saturated rings. The average molecular weight is 307 g/mol. The van der Waals surface area contributed by atoms with E-state index in [-0.39, 0.29) is 11.8 Å². The molecule has 4 nitrogen and oxygen atoms in total. The van der Waals surface area contributed by atoms with Gasteiger partial charge in [0.25, 0.3) is 0 Å². The first kappa shape index (κ1) is 15.0. The molecule has 0 radical (unpaired) electrons. The van der Waals surface area contributed by atoms with Crippen LogP contribution in [0, 0.1) is 0 Å². The van der Waals surface area contributed by atoms with Crippen LogP contribution in [0.2, 0.25) is 0 Å². The molecule has 2 aromatic carbocycles. The topological polar surface area (TPSA) is 47.9 Å². The van der Waals surface area contributed by atoms with Crippen molar-refractivity contribution in [2.24, 2.45) is 4.99 Å². The second-order valence-corrected chi connectivity index (χ2v) is 5.44. The van der Waals surface area contributed by atoms with Gasteiger partial charge in [0.2, 0.25) is 5.90 Å². The lowest BCUT2D eigenvalue weighted by Gasteiger charge is -2.09. The van der Waals surface area contributed by atoms with Crippen LogP contribution in [-0.4, -0.2) is 18.0 Å². The van der Waals surface area contributed by atoms with Crippen molar-refractivity contribution in [2.45, 2.75) is 20.0 Å². The van der Waals surface area contributed by atoms with Crippen LogP contribution in [0.4, 0.5) is 0 Å². The highest BCUT2D eigenvalue weighted by Crippen LogP contribution is 2.21. The van der Waals surface area contributed by atoms with Crippen molar-refractivity contribution in [3.63, 3.8) is 0 Å². The standard InChI is InChI=1S/C19H17NO3/c1-13(2)22-16-10-6-7-14(11-16)12-17-19(21)23-18(20-17)15-8-4-3-5-9-15/h3-13H,1-2H3/b17-12-. The number of cyclic esters (lactones) is 1. The zero-order valence-electron chi connectivity index (χ0n) is 13.0. The molecule has 1 aliphatic heterocycles. The van der Waals surface area contributed by atoms with Gasteiger partial charge < -0.3 is 9.47 Å². The molecular weight excluding hydrogens is 290 g/mol. The summed E-state index contributed by atoms with van der Waals surface area (Å²) in [6.07, 6.45) is 1.79. The molecule has 116 valence electrons. The third-order valence-electron chi connectivity index (χ3n) is 3.17. The zero-order valence-corrected chi connectivity index (χ0v) is 13.0. The molecule has 23 heavy (non-hydrogen) atoms. The van der Waals surface area contributed by atoms with Crippen LogP contribution < -0.4 is 4.74 Å². The summed E-state index contributed by atoms with van der Waals surface area (Å²) in [5.74, 6) is 0.642. The van der Waals surface area contributed by atoms with Gasteiger partial charge in [-0.05, 0) is 49.8 Å². The summed E-state index contributed by atoms with van der Waals surface area (Å²) >= 11 is 0. The molecule has 0 unspecified atom stereocenters. The van der Waals surface area contributed by atoms with E-state index in [9.17, 15) is 4.79 Å². The predicted molar refractivity (Wildman–Crippen MR) is 89.3 cm³/mol. The van der Waals surface area contributed by atoms with Crippen LogP contribution in [-0.2, 0) is 9.53 Å². The Labute approximate surface area is 135 Å². The van der Waals surface area contributed by atoms with Crippen molar-refractivity contribution in [2.75, 3.05) is 0 Å². The third-order valence-corrected chi connectivity index (χ3v) is 3.17. The van der Waals surface area contributed by atoms with Crippen molar-refractivity contribution < 1.29 is 14.3 Å². The first-order valence-electron chi connectivity index (χ1n) is 7.46. The number of carbonyl (C=O) groups excluding carboxylic acids is 1. The highest BCUT2D eigenvalue weighted by molar-refractivity contribution is 6.12. The van der Waals surface area contributed by atoms with E-state index in [1.54, 1.807) is 6.08 Å². The summed E-state index contributed by atoms with van der Waals surface area (Å²) in [6.45, 7) is 3.94. The fourth-order valence-corrected chi connectivity index (χ4v) is 2.22. The number of hydrogen-bond donors (Lipinski definition) is 0. The minimum atomic E-state index is -0.445. The van der Waals surface area contributed by atoms with Crippen LogP contribution in [0.1, 0.15) is 25.0 Å². The van der Waals surface area contributed by atoms with Gasteiger partial charge in [-0.2, -0.15) is 0 Å². The summed E-state index contributed by atoms with van der Waals surface area (Å²) in [7, 11) is 0. The van der Waals surface area contributed by atoms with E-state index in [1.165, 1.54) is 0 Å². The fraction of sp³-hybridized carbons (Fsp3) is 0.158. The van der Waals surface area contributed by atoms with Crippen LogP contribution in [0.25, 0.3) is 6.08 Å². The Bertz CT molecular complexity index is 776. The van der Waals surface area contributed by atoms with Gasteiger partial charge in [0.1, 0.15) is 5.75 Å². The number of ether oxygens (including phenoxy) is 2. The van der Waals surface area contributed by atoms with E-state index in [2.05, 4.69) is 4.99 Å². The molecule has 0 saturated carbocycles. The summed E-state index contributed by atoms with van der Waals surface area (Å²) in [4.78, 5) is 16.3. The molecule has 4 heteroatoms. The number of hydrogen-bond acceptors (Lipinski definition) is 4.